The first-order chi connectivity index (χ1) is 14.2. The topological polar surface area (TPSA) is 77.5 Å². The second-order valence-corrected chi connectivity index (χ2v) is 7.83. The molecule has 10 heteroatoms. The van der Waals surface area contributed by atoms with Gasteiger partial charge in [-0.2, -0.15) is 0 Å². The molecule has 1 aromatic carbocycles. The molecule has 0 radical (unpaired) electrons. The molecule has 30 heavy (non-hydrogen) atoms. The van der Waals surface area contributed by atoms with Crippen LogP contribution in [0.5, 0.6) is 0 Å². The highest BCUT2D eigenvalue weighted by Gasteiger charge is 2.25. The van der Waals surface area contributed by atoms with E-state index in [2.05, 4.69) is 37.0 Å². The van der Waals surface area contributed by atoms with E-state index in [0.717, 1.165) is 36.1 Å². The highest BCUT2D eigenvalue weighted by Crippen LogP contribution is 2.25. The van der Waals surface area contributed by atoms with Crippen molar-refractivity contribution in [2.45, 2.75) is 12.5 Å². The van der Waals surface area contributed by atoms with Crippen molar-refractivity contribution in [2.75, 3.05) is 43.4 Å². The van der Waals surface area contributed by atoms with Gasteiger partial charge < -0.3 is 20.9 Å². The number of guanidine groups is 1. The van der Waals surface area contributed by atoms with Gasteiger partial charge in [-0.1, -0.05) is 23.5 Å². The number of benzene rings is 1. The third kappa shape index (κ3) is 5.48. The van der Waals surface area contributed by atoms with Gasteiger partial charge in [-0.3, -0.25) is 4.99 Å². The van der Waals surface area contributed by atoms with E-state index in [9.17, 15) is 4.39 Å². The first-order valence-electron chi connectivity index (χ1n) is 9.65. The van der Waals surface area contributed by atoms with Crippen LogP contribution in [0.2, 0.25) is 0 Å². The molecule has 1 aliphatic rings. The summed E-state index contributed by atoms with van der Waals surface area (Å²) in [4.78, 5) is 15.0. The molecule has 3 N–H and O–H groups in total. The van der Waals surface area contributed by atoms with Crippen molar-refractivity contribution in [1.82, 2.24) is 20.6 Å². The molecule has 0 aliphatic carbocycles. The highest BCUT2D eigenvalue weighted by molar-refractivity contribution is 14.0. The Morgan fingerprint density at radius 3 is 2.93 bits per heavy atom. The van der Waals surface area contributed by atoms with E-state index in [0.29, 0.717) is 18.9 Å². The second kappa shape index (κ2) is 10.7. The van der Waals surface area contributed by atoms with Crippen LogP contribution >= 0.6 is 35.3 Å². The molecule has 0 saturated carbocycles. The Balaban J connectivity index is 0.00000256. The second-order valence-electron chi connectivity index (χ2n) is 6.80. The van der Waals surface area contributed by atoms with Crippen LogP contribution in [0.1, 0.15) is 6.42 Å². The van der Waals surface area contributed by atoms with Crippen molar-refractivity contribution in [2.24, 2.45) is 4.99 Å². The minimum absolute atomic E-state index is 0. The standard InChI is InChI=1S/C20H24FN7S.HI/c1-22-19(24-10-11-25-20-27-16-6-2-3-7-17(16)29-20)26-14-8-12-28(13-14)18-15(21)5-4-9-23-18;/h2-7,9,14H,8,10-13H2,1H3,(H,25,27)(H2,22,24,26);1H. The van der Waals surface area contributed by atoms with Crippen LogP contribution in [-0.4, -0.2) is 55.2 Å². The number of anilines is 2. The number of rotatable bonds is 6. The minimum Gasteiger partial charge on any atom is -0.360 e. The summed E-state index contributed by atoms with van der Waals surface area (Å²) in [5, 5.41) is 11.0. The zero-order valence-corrected chi connectivity index (χ0v) is 19.8. The molecule has 3 heterocycles. The van der Waals surface area contributed by atoms with Gasteiger partial charge in [0.2, 0.25) is 0 Å². The number of pyridine rings is 1. The summed E-state index contributed by atoms with van der Waals surface area (Å²) in [6.45, 7) is 2.90. The van der Waals surface area contributed by atoms with Crippen LogP contribution in [0.4, 0.5) is 15.3 Å². The molecule has 1 atom stereocenters. The van der Waals surface area contributed by atoms with Crippen LogP contribution in [0.15, 0.2) is 47.6 Å². The maximum atomic E-state index is 13.9. The fourth-order valence-corrected chi connectivity index (χ4v) is 4.26. The monoisotopic (exact) mass is 541 g/mol. The van der Waals surface area contributed by atoms with Crippen molar-refractivity contribution in [1.29, 1.82) is 0 Å². The molecule has 1 aliphatic heterocycles. The van der Waals surface area contributed by atoms with Crippen molar-refractivity contribution < 1.29 is 4.39 Å². The van der Waals surface area contributed by atoms with E-state index >= 15 is 0 Å². The van der Waals surface area contributed by atoms with Gasteiger partial charge in [0.1, 0.15) is 0 Å². The number of aliphatic imine (C=N–C) groups is 1. The normalized spacial score (nSPS) is 16.4. The molecule has 0 bridgehead atoms. The molecule has 0 spiro atoms. The number of hydrogen-bond donors (Lipinski definition) is 3. The first-order valence-corrected chi connectivity index (χ1v) is 10.5. The summed E-state index contributed by atoms with van der Waals surface area (Å²) in [5.41, 5.74) is 1.01. The predicted molar refractivity (Wildman–Crippen MR) is 133 cm³/mol. The SMILES string of the molecule is CN=C(NCCNc1nc2ccccc2s1)NC1CCN(c2ncccc2F)C1.I. The van der Waals surface area contributed by atoms with Crippen molar-refractivity contribution >= 4 is 62.4 Å². The Morgan fingerprint density at radius 2 is 2.13 bits per heavy atom. The molecule has 4 rings (SSSR count). The van der Waals surface area contributed by atoms with E-state index in [-0.39, 0.29) is 35.8 Å². The zero-order valence-electron chi connectivity index (χ0n) is 16.6. The summed E-state index contributed by atoms with van der Waals surface area (Å²) >= 11 is 1.65. The molecular formula is C20H25FIN7S. The lowest BCUT2D eigenvalue weighted by Gasteiger charge is -2.20. The predicted octanol–water partition coefficient (Wildman–Crippen LogP) is 3.30. The van der Waals surface area contributed by atoms with Gasteiger partial charge in [-0.15, -0.1) is 24.0 Å². The zero-order chi connectivity index (χ0) is 20.1. The molecule has 7 nitrogen and oxygen atoms in total. The Morgan fingerprint density at radius 1 is 1.27 bits per heavy atom. The maximum Gasteiger partial charge on any atom is 0.191 e. The third-order valence-corrected chi connectivity index (χ3v) is 5.77. The average Bonchev–Trinajstić information content (AvgIpc) is 3.37. The van der Waals surface area contributed by atoms with Crippen molar-refractivity contribution in [3.05, 3.63) is 48.4 Å². The Bertz CT molecular complexity index is 963. The number of para-hydroxylation sites is 1. The Hall–Kier alpha value is -2.21. The maximum absolute atomic E-state index is 13.9. The molecule has 3 aromatic rings. The van der Waals surface area contributed by atoms with E-state index < -0.39 is 0 Å². The average molecular weight is 541 g/mol. The quantitative estimate of drug-likeness (QED) is 0.193. The van der Waals surface area contributed by atoms with Gasteiger partial charge >= 0.3 is 0 Å². The van der Waals surface area contributed by atoms with Crippen molar-refractivity contribution in [3.8, 4) is 0 Å². The lowest BCUT2D eigenvalue weighted by Crippen LogP contribution is -2.45. The summed E-state index contributed by atoms with van der Waals surface area (Å²) < 4.78 is 15.1. The van der Waals surface area contributed by atoms with Crippen LogP contribution < -0.4 is 20.9 Å². The number of nitrogens with zero attached hydrogens (tertiary/aromatic N) is 4. The molecule has 0 amide bonds. The molecule has 2 aromatic heterocycles. The van der Waals surface area contributed by atoms with Gasteiger partial charge in [-0.05, 0) is 30.7 Å². The fraction of sp³-hybridized carbons (Fsp3) is 0.350. The van der Waals surface area contributed by atoms with Gasteiger partial charge in [-0.25, -0.2) is 14.4 Å². The largest absolute Gasteiger partial charge is 0.360 e. The summed E-state index contributed by atoms with van der Waals surface area (Å²) in [5.74, 6) is 0.876. The van der Waals surface area contributed by atoms with Crippen molar-refractivity contribution in [3.63, 3.8) is 0 Å². The lowest BCUT2D eigenvalue weighted by atomic mass is 10.3. The summed E-state index contributed by atoms with van der Waals surface area (Å²) in [6.07, 6.45) is 2.53. The molecular weight excluding hydrogens is 516 g/mol. The fourth-order valence-electron chi connectivity index (χ4n) is 3.37. The molecule has 160 valence electrons. The number of fused-ring (bicyclic) bond motifs is 1. The number of aromatic nitrogens is 2. The van der Waals surface area contributed by atoms with E-state index in [1.54, 1.807) is 30.6 Å². The molecule has 1 fully saturated rings. The van der Waals surface area contributed by atoms with Crippen LogP contribution in [0, 0.1) is 5.82 Å². The van der Waals surface area contributed by atoms with Crippen LogP contribution in [0.3, 0.4) is 0 Å². The molecule has 1 saturated heterocycles. The van der Waals surface area contributed by atoms with Gasteiger partial charge in [0.15, 0.2) is 22.7 Å². The number of hydrogen-bond acceptors (Lipinski definition) is 6. The van der Waals surface area contributed by atoms with E-state index in [4.69, 9.17) is 0 Å². The smallest absolute Gasteiger partial charge is 0.191 e. The highest BCUT2D eigenvalue weighted by atomic mass is 127. The Kier molecular flexibility index (Phi) is 8.02. The van der Waals surface area contributed by atoms with Gasteiger partial charge in [0.25, 0.3) is 0 Å². The minimum atomic E-state index is -0.281. The number of thiazole rings is 1. The van der Waals surface area contributed by atoms with E-state index in [1.807, 2.05) is 23.1 Å². The van der Waals surface area contributed by atoms with Gasteiger partial charge in [0.05, 0.1) is 10.2 Å². The van der Waals surface area contributed by atoms with Gasteiger partial charge in [0, 0.05) is 45.5 Å². The Labute approximate surface area is 196 Å². The third-order valence-electron chi connectivity index (χ3n) is 4.78. The van der Waals surface area contributed by atoms with Crippen LogP contribution in [0.25, 0.3) is 10.2 Å². The number of halogens is 2. The summed E-state index contributed by atoms with van der Waals surface area (Å²) in [7, 11) is 1.75. The van der Waals surface area contributed by atoms with Crippen LogP contribution in [-0.2, 0) is 0 Å². The lowest BCUT2D eigenvalue weighted by molar-refractivity contribution is 0.612. The molecule has 1 unspecified atom stereocenters. The first kappa shape index (κ1) is 22.5. The summed E-state index contributed by atoms with van der Waals surface area (Å²) in [6, 6.07) is 11.4. The van der Waals surface area contributed by atoms with E-state index in [1.165, 1.54) is 10.8 Å². The number of nitrogens with one attached hydrogen (secondary N) is 3.